The minimum Gasteiger partial charge on any atom is -0.481 e. The lowest BCUT2D eigenvalue weighted by atomic mass is 9.78. The van der Waals surface area contributed by atoms with Crippen LogP contribution < -0.4 is 5.32 Å². The Hall–Kier alpha value is -3.39. The first-order valence-electron chi connectivity index (χ1n) is 12.1. The van der Waals surface area contributed by atoms with Crippen LogP contribution >= 0.6 is 0 Å². The van der Waals surface area contributed by atoms with Crippen LogP contribution in [-0.2, 0) is 19.1 Å². The van der Waals surface area contributed by atoms with E-state index < -0.39 is 24.0 Å². The number of rotatable bonds is 7. The smallest absolute Gasteiger partial charge is 0.407 e. The Balaban J connectivity index is 1.07. The second-order valence-electron chi connectivity index (χ2n) is 9.76. The number of carboxylic acids is 1. The minimum absolute atomic E-state index is 0.0182. The number of carbonyl (C=O) groups is 3. The number of hydrogen-bond acceptors (Lipinski definition) is 5. The van der Waals surface area contributed by atoms with Crippen LogP contribution in [0, 0.1) is 11.8 Å². The summed E-state index contributed by atoms with van der Waals surface area (Å²) in [6.45, 7) is 0.649. The number of carboxylic acid groups (broad SMARTS) is 1. The van der Waals surface area contributed by atoms with Crippen molar-refractivity contribution < 1.29 is 29.0 Å². The topological polar surface area (TPSA) is 105 Å². The van der Waals surface area contributed by atoms with Gasteiger partial charge in [-0.1, -0.05) is 48.5 Å². The second-order valence-corrected chi connectivity index (χ2v) is 9.76. The van der Waals surface area contributed by atoms with Gasteiger partial charge in [-0.25, -0.2) is 4.79 Å². The predicted octanol–water partition coefficient (Wildman–Crippen LogP) is 3.25. The molecular formula is C27H30N2O6. The molecule has 2 aromatic rings. The molecule has 35 heavy (non-hydrogen) atoms. The molecule has 8 nitrogen and oxygen atoms in total. The third kappa shape index (κ3) is 4.62. The number of hydrogen-bond donors (Lipinski definition) is 2. The molecule has 1 saturated heterocycles. The lowest BCUT2D eigenvalue weighted by Gasteiger charge is -2.36. The molecule has 2 unspecified atom stereocenters. The molecule has 8 heteroatoms. The quantitative estimate of drug-likeness (QED) is 0.633. The van der Waals surface area contributed by atoms with Crippen molar-refractivity contribution in [2.24, 2.45) is 11.8 Å². The summed E-state index contributed by atoms with van der Waals surface area (Å²) in [6.07, 6.45) is 1.30. The molecule has 5 rings (SSSR count). The number of fused-ring (bicyclic) bond motifs is 3. The summed E-state index contributed by atoms with van der Waals surface area (Å²) in [7, 11) is 1.64. The molecule has 0 bridgehead atoms. The number of carbonyl (C=O) groups excluding carboxylic acids is 2. The second kappa shape index (κ2) is 9.70. The average Bonchev–Trinajstić information content (AvgIpc) is 3.44. The molecule has 3 aliphatic rings. The summed E-state index contributed by atoms with van der Waals surface area (Å²) in [4.78, 5) is 38.0. The van der Waals surface area contributed by atoms with Crippen LogP contribution in [-0.4, -0.2) is 66.9 Å². The fourth-order valence-electron chi connectivity index (χ4n) is 5.56. The Kier molecular flexibility index (Phi) is 6.47. The fraction of sp³-hybridized carbons (Fsp3) is 0.444. The molecule has 0 radical (unpaired) electrons. The summed E-state index contributed by atoms with van der Waals surface area (Å²) < 4.78 is 10.9. The number of amides is 2. The number of aliphatic carboxylic acids is 1. The molecule has 2 aliphatic carbocycles. The third-order valence-corrected chi connectivity index (χ3v) is 7.62. The predicted molar refractivity (Wildman–Crippen MR) is 128 cm³/mol. The van der Waals surface area contributed by atoms with Gasteiger partial charge in [0.25, 0.3) is 0 Å². The third-order valence-electron chi connectivity index (χ3n) is 7.62. The maximum Gasteiger partial charge on any atom is 0.407 e. The van der Waals surface area contributed by atoms with E-state index in [4.69, 9.17) is 9.47 Å². The molecule has 2 N–H and O–H groups in total. The highest BCUT2D eigenvalue weighted by molar-refractivity contribution is 5.80. The van der Waals surface area contributed by atoms with E-state index in [1.165, 1.54) is 27.2 Å². The van der Waals surface area contributed by atoms with Crippen LogP contribution in [0.2, 0.25) is 0 Å². The maximum absolute atomic E-state index is 12.6. The Morgan fingerprint density at radius 1 is 1.03 bits per heavy atom. The lowest BCUT2D eigenvalue weighted by Crippen LogP contribution is -2.48. The van der Waals surface area contributed by atoms with E-state index in [1.807, 2.05) is 24.3 Å². The van der Waals surface area contributed by atoms with E-state index >= 15 is 0 Å². The van der Waals surface area contributed by atoms with Gasteiger partial charge in [-0.2, -0.15) is 0 Å². The van der Waals surface area contributed by atoms with Gasteiger partial charge in [0.15, 0.2) is 0 Å². The van der Waals surface area contributed by atoms with Crippen molar-refractivity contribution in [1.82, 2.24) is 10.2 Å². The van der Waals surface area contributed by atoms with E-state index in [2.05, 4.69) is 29.6 Å². The zero-order valence-electron chi connectivity index (χ0n) is 19.7. The van der Waals surface area contributed by atoms with Crippen molar-refractivity contribution in [1.29, 1.82) is 0 Å². The van der Waals surface area contributed by atoms with Gasteiger partial charge < -0.3 is 24.8 Å². The normalized spacial score (nSPS) is 24.7. The first-order valence-corrected chi connectivity index (χ1v) is 12.1. The monoisotopic (exact) mass is 478 g/mol. The summed E-state index contributed by atoms with van der Waals surface area (Å²) in [5.74, 6) is -1.54. The Morgan fingerprint density at radius 3 is 2.29 bits per heavy atom. The highest BCUT2D eigenvalue weighted by Gasteiger charge is 2.40. The van der Waals surface area contributed by atoms with Crippen molar-refractivity contribution >= 4 is 18.0 Å². The van der Waals surface area contributed by atoms with Gasteiger partial charge in [0, 0.05) is 25.4 Å². The van der Waals surface area contributed by atoms with Crippen LogP contribution in [0.4, 0.5) is 4.79 Å². The zero-order chi connectivity index (χ0) is 24.5. The molecule has 2 fully saturated rings. The van der Waals surface area contributed by atoms with E-state index in [-0.39, 0.29) is 43.6 Å². The molecule has 1 aliphatic heterocycles. The summed E-state index contributed by atoms with van der Waals surface area (Å²) in [5, 5.41) is 12.2. The van der Waals surface area contributed by atoms with Crippen molar-refractivity contribution in [2.45, 2.75) is 37.3 Å². The Bertz CT molecular complexity index is 1080. The molecule has 0 spiro atoms. The Morgan fingerprint density at radius 2 is 1.66 bits per heavy atom. The molecule has 1 heterocycles. The summed E-state index contributed by atoms with van der Waals surface area (Å²) in [5.41, 5.74) is 4.72. The van der Waals surface area contributed by atoms with Crippen molar-refractivity contribution in [3.8, 4) is 11.1 Å². The molecule has 184 valence electrons. The standard InChI is InChI=1S/C27H30N2O6/c1-29(24-15-34-13-23(24)26(31)32)25(30)12-16-10-17(11-16)28-27(33)35-14-22-20-8-4-2-6-18(20)19-7-3-5-9-21(19)22/h2-9,16-17,22-24H,10-15H2,1H3,(H,28,33)(H,31,32). The first-order chi connectivity index (χ1) is 16.9. The highest BCUT2D eigenvalue weighted by Crippen LogP contribution is 2.44. The number of alkyl carbamates (subject to hydrolysis) is 1. The molecule has 2 atom stereocenters. The number of benzene rings is 2. The average molecular weight is 479 g/mol. The Labute approximate surface area is 204 Å². The van der Waals surface area contributed by atoms with Gasteiger partial charge in [0.1, 0.15) is 12.5 Å². The highest BCUT2D eigenvalue weighted by atomic mass is 16.5. The molecular weight excluding hydrogens is 448 g/mol. The van der Waals surface area contributed by atoms with Crippen LogP contribution in [0.15, 0.2) is 48.5 Å². The van der Waals surface area contributed by atoms with Gasteiger partial charge in [-0.3, -0.25) is 9.59 Å². The number of ether oxygens (including phenoxy) is 2. The van der Waals surface area contributed by atoms with Gasteiger partial charge in [0.2, 0.25) is 5.91 Å². The summed E-state index contributed by atoms with van der Waals surface area (Å²) >= 11 is 0. The zero-order valence-corrected chi connectivity index (χ0v) is 19.7. The maximum atomic E-state index is 12.6. The number of nitrogens with zero attached hydrogens (tertiary/aromatic N) is 1. The van der Waals surface area contributed by atoms with Crippen LogP contribution in [0.1, 0.15) is 36.3 Å². The van der Waals surface area contributed by atoms with Gasteiger partial charge in [0.05, 0.1) is 19.3 Å². The summed E-state index contributed by atoms with van der Waals surface area (Å²) in [6, 6.07) is 16.0. The minimum atomic E-state index is -0.942. The van der Waals surface area contributed by atoms with E-state index in [9.17, 15) is 19.5 Å². The molecule has 2 amide bonds. The van der Waals surface area contributed by atoms with Crippen LogP contribution in [0.5, 0.6) is 0 Å². The van der Waals surface area contributed by atoms with Gasteiger partial charge in [-0.15, -0.1) is 0 Å². The van der Waals surface area contributed by atoms with Crippen LogP contribution in [0.25, 0.3) is 11.1 Å². The van der Waals surface area contributed by atoms with Gasteiger partial charge >= 0.3 is 12.1 Å². The van der Waals surface area contributed by atoms with Crippen LogP contribution in [0.3, 0.4) is 0 Å². The molecule has 1 saturated carbocycles. The van der Waals surface area contributed by atoms with E-state index in [1.54, 1.807) is 7.05 Å². The lowest BCUT2D eigenvalue weighted by molar-refractivity contribution is -0.144. The first kappa shape index (κ1) is 23.4. The number of nitrogens with one attached hydrogen (secondary N) is 1. The molecule has 2 aromatic carbocycles. The van der Waals surface area contributed by atoms with Crippen molar-refractivity contribution in [3.05, 3.63) is 59.7 Å². The van der Waals surface area contributed by atoms with Crippen molar-refractivity contribution in [2.75, 3.05) is 26.9 Å². The van der Waals surface area contributed by atoms with E-state index in [0.29, 0.717) is 19.3 Å². The SMILES string of the molecule is CN(C(=O)CC1CC(NC(=O)OCC2c3ccccc3-c3ccccc32)C1)C1COCC1C(=O)O. The van der Waals surface area contributed by atoms with E-state index in [0.717, 1.165) is 0 Å². The fourth-order valence-corrected chi connectivity index (χ4v) is 5.56. The molecule has 0 aromatic heterocycles. The number of likely N-dealkylation sites (N-methyl/N-ethyl adjacent to an activating group) is 1. The largest absolute Gasteiger partial charge is 0.481 e. The van der Waals surface area contributed by atoms with Gasteiger partial charge in [-0.05, 0) is 41.0 Å². The van der Waals surface area contributed by atoms with Crippen molar-refractivity contribution in [3.63, 3.8) is 0 Å².